The Balaban J connectivity index is 1.81. The number of rotatable bonds is 5. The van der Waals surface area contributed by atoms with Crippen LogP contribution in [0.5, 0.6) is 0 Å². The van der Waals surface area contributed by atoms with Gasteiger partial charge in [0.1, 0.15) is 0 Å². The van der Waals surface area contributed by atoms with Crippen molar-refractivity contribution in [2.24, 2.45) is 0 Å². The average molecular weight is 254 g/mol. The molecule has 0 fully saturated rings. The molecular formula is C16H18N2O. The molecule has 2 rings (SSSR count). The van der Waals surface area contributed by atoms with Crippen molar-refractivity contribution >= 4 is 5.91 Å². The fraction of sp³-hybridized carbons (Fsp3) is 0.250. The van der Waals surface area contributed by atoms with Gasteiger partial charge in [-0.15, -0.1) is 0 Å². The normalized spacial score (nSPS) is 11.8. The van der Waals surface area contributed by atoms with Crippen molar-refractivity contribution in [2.45, 2.75) is 25.8 Å². The van der Waals surface area contributed by atoms with E-state index in [1.807, 2.05) is 25.1 Å². The van der Waals surface area contributed by atoms with Gasteiger partial charge in [-0.3, -0.25) is 9.78 Å². The van der Waals surface area contributed by atoms with E-state index < -0.39 is 0 Å². The lowest BCUT2D eigenvalue weighted by Crippen LogP contribution is -2.32. The first-order valence-corrected chi connectivity index (χ1v) is 6.50. The molecule has 3 heteroatoms. The van der Waals surface area contributed by atoms with E-state index in [1.165, 1.54) is 5.56 Å². The molecule has 0 aliphatic rings. The van der Waals surface area contributed by atoms with Crippen LogP contribution in [0.15, 0.2) is 54.9 Å². The first kappa shape index (κ1) is 13.3. The van der Waals surface area contributed by atoms with Crippen molar-refractivity contribution in [1.82, 2.24) is 10.3 Å². The van der Waals surface area contributed by atoms with Gasteiger partial charge in [0, 0.05) is 24.0 Å². The zero-order chi connectivity index (χ0) is 13.5. The lowest BCUT2D eigenvalue weighted by atomic mass is 10.1. The molecule has 1 aromatic heterocycles. The second-order valence-corrected chi connectivity index (χ2v) is 4.63. The smallest absolute Gasteiger partial charge is 0.251 e. The van der Waals surface area contributed by atoms with E-state index in [0.717, 1.165) is 12.8 Å². The fourth-order valence-electron chi connectivity index (χ4n) is 1.91. The summed E-state index contributed by atoms with van der Waals surface area (Å²) in [6, 6.07) is 13.9. The average Bonchev–Trinajstić information content (AvgIpc) is 2.47. The highest BCUT2D eigenvalue weighted by molar-refractivity contribution is 5.94. The van der Waals surface area contributed by atoms with E-state index >= 15 is 0 Å². The first-order chi connectivity index (χ1) is 9.25. The molecule has 0 saturated carbocycles. The highest BCUT2D eigenvalue weighted by Gasteiger charge is 2.09. The third kappa shape index (κ3) is 4.21. The van der Waals surface area contributed by atoms with Gasteiger partial charge in [-0.05, 0) is 37.5 Å². The molecule has 98 valence electrons. The SMILES string of the molecule is C[C@H](CCc1ccccc1)NC(=O)c1ccncc1. The summed E-state index contributed by atoms with van der Waals surface area (Å²) in [5.74, 6) is -0.0389. The molecule has 1 N–H and O–H groups in total. The number of nitrogens with zero attached hydrogens (tertiary/aromatic N) is 1. The third-order valence-corrected chi connectivity index (χ3v) is 3.03. The van der Waals surface area contributed by atoms with Crippen molar-refractivity contribution in [2.75, 3.05) is 0 Å². The molecule has 0 aliphatic heterocycles. The summed E-state index contributed by atoms with van der Waals surface area (Å²) >= 11 is 0. The predicted molar refractivity (Wildman–Crippen MR) is 75.9 cm³/mol. The number of nitrogens with one attached hydrogen (secondary N) is 1. The molecule has 1 amide bonds. The van der Waals surface area contributed by atoms with Crippen LogP contribution in [0.1, 0.15) is 29.3 Å². The number of benzene rings is 1. The van der Waals surface area contributed by atoms with Crippen molar-refractivity contribution < 1.29 is 4.79 Å². The molecule has 0 aliphatic carbocycles. The zero-order valence-corrected chi connectivity index (χ0v) is 11.0. The Morgan fingerprint density at radius 3 is 2.53 bits per heavy atom. The molecule has 1 aromatic carbocycles. The third-order valence-electron chi connectivity index (χ3n) is 3.03. The Morgan fingerprint density at radius 1 is 1.16 bits per heavy atom. The van der Waals surface area contributed by atoms with Crippen LogP contribution in [-0.4, -0.2) is 16.9 Å². The summed E-state index contributed by atoms with van der Waals surface area (Å²) in [6.07, 6.45) is 5.16. The maximum atomic E-state index is 11.9. The summed E-state index contributed by atoms with van der Waals surface area (Å²) < 4.78 is 0. The van der Waals surface area contributed by atoms with Crippen LogP contribution in [0.4, 0.5) is 0 Å². The molecular weight excluding hydrogens is 236 g/mol. The summed E-state index contributed by atoms with van der Waals surface area (Å²) in [4.78, 5) is 15.8. The zero-order valence-electron chi connectivity index (χ0n) is 11.0. The Hall–Kier alpha value is -2.16. The number of carbonyl (C=O) groups is 1. The van der Waals surface area contributed by atoms with E-state index in [4.69, 9.17) is 0 Å². The Morgan fingerprint density at radius 2 is 1.84 bits per heavy atom. The maximum absolute atomic E-state index is 11.9. The van der Waals surface area contributed by atoms with Gasteiger partial charge >= 0.3 is 0 Å². The topological polar surface area (TPSA) is 42.0 Å². The van der Waals surface area contributed by atoms with Crippen molar-refractivity contribution in [3.05, 3.63) is 66.0 Å². The van der Waals surface area contributed by atoms with E-state index in [9.17, 15) is 4.79 Å². The second kappa shape index (κ2) is 6.69. The maximum Gasteiger partial charge on any atom is 0.251 e. The van der Waals surface area contributed by atoms with Gasteiger partial charge in [-0.25, -0.2) is 0 Å². The van der Waals surface area contributed by atoms with Crippen LogP contribution in [0.25, 0.3) is 0 Å². The standard InChI is InChI=1S/C16H18N2O/c1-13(7-8-14-5-3-2-4-6-14)18-16(19)15-9-11-17-12-10-15/h2-6,9-13H,7-8H2,1H3,(H,18,19)/t13-/m1/s1. The molecule has 1 atom stereocenters. The molecule has 0 saturated heterocycles. The number of carbonyl (C=O) groups excluding carboxylic acids is 1. The summed E-state index contributed by atoms with van der Waals surface area (Å²) in [6.45, 7) is 2.03. The Bertz CT molecular complexity index is 511. The van der Waals surface area contributed by atoms with E-state index in [1.54, 1.807) is 24.5 Å². The van der Waals surface area contributed by atoms with Crippen LogP contribution >= 0.6 is 0 Å². The van der Waals surface area contributed by atoms with E-state index in [0.29, 0.717) is 5.56 Å². The minimum absolute atomic E-state index is 0.0389. The molecule has 1 heterocycles. The lowest BCUT2D eigenvalue weighted by Gasteiger charge is -2.13. The van der Waals surface area contributed by atoms with Gasteiger partial charge in [0.2, 0.25) is 0 Å². The first-order valence-electron chi connectivity index (χ1n) is 6.50. The van der Waals surface area contributed by atoms with E-state index in [-0.39, 0.29) is 11.9 Å². The second-order valence-electron chi connectivity index (χ2n) is 4.63. The number of pyridine rings is 1. The van der Waals surface area contributed by atoms with Gasteiger partial charge in [0.25, 0.3) is 5.91 Å². The van der Waals surface area contributed by atoms with Gasteiger partial charge in [0.15, 0.2) is 0 Å². The molecule has 0 unspecified atom stereocenters. The number of hydrogen-bond donors (Lipinski definition) is 1. The fourth-order valence-corrected chi connectivity index (χ4v) is 1.91. The predicted octanol–water partition coefficient (Wildman–Crippen LogP) is 2.83. The molecule has 3 nitrogen and oxygen atoms in total. The van der Waals surface area contributed by atoms with Gasteiger partial charge in [-0.2, -0.15) is 0 Å². The number of hydrogen-bond acceptors (Lipinski definition) is 2. The minimum atomic E-state index is -0.0389. The lowest BCUT2D eigenvalue weighted by molar-refractivity contribution is 0.0938. The van der Waals surface area contributed by atoms with E-state index in [2.05, 4.69) is 22.4 Å². The molecule has 2 aromatic rings. The highest BCUT2D eigenvalue weighted by atomic mass is 16.1. The van der Waals surface area contributed by atoms with Crippen molar-refractivity contribution in [3.63, 3.8) is 0 Å². The summed E-state index contributed by atoms with van der Waals surface area (Å²) in [7, 11) is 0. The van der Waals surface area contributed by atoms with Gasteiger partial charge in [0.05, 0.1) is 0 Å². The van der Waals surface area contributed by atoms with Crippen molar-refractivity contribution in [3.8, 4) is 0 Å². The number of aromatic nitrogens is 1. The summed E-state index contributed by atoms with van der Waals surface area (Å²) in [5.41, 5.74) is 1.95. The van der Waals surface area contributed by atoms with Gasteiger partial charge < -0.3 is 5.32 Å². The molecule has 0 spiro atoms. The Labute approximate surface area is 113 Å². The molecule has 0 bridgehead atoms. The van der Waals surface area contributed by atoms with Crippen LogP contribution in [0.2, 0.25) is 0 Å². The van der Waals surface area contributed by atoms with Crippen LogP contribution in [0, 0.1) is 0 Å². The molecule has 19 heavy (non-hydrogen) atoms. The molecule has 0 radical (unpaired) electrons. The van der Waals surface area contributed by atoms with Crippen molar-refractivity contribution in [1.29, 1.82) is 0 Å². The number of aryl methyl sites for hydroxylation is 1. The Kier molecular flexibility index (Phi) is 4.67. The van der Waals surface area contributed by atoms with Crippen LogP contribution in [-0.2, 0) is 6.42 Å². The summed E-state index contributed by atoms with van der Waals surface area (Å²) in [5, 5.41) is 3.00. The van der Waals surface area contributed by atoms with Crippen LogP contribution in [0.3, 0.4) is 0 Å². The van der Waals surface area contributed by atoms with Crippen LogP contribution < -0.4 is 5.32 Å². The number of amides is 1. The minimum Gasteiger partial charge on any atom is -0.350 e. The van der Waals surface area contributed by atoms with Gasteiger partial charge in [-0.1, -0.05) is 30.3 Å². The quantitative estimate of drug-likeness (QED) is 0.891. The highest BCUT2D eigenvalue weighted by Crippen LogP contribution is 2.05. The monoisotopic (exact) mass is 254 g/mol. The largest absolute Gasteiger partial charge is 0.350 e.